The molecule has 0 saturated carbocycles. The van der Waals surface area contributed by atoms with E-state index in [1.807, 2.05) is 25.1 Å². The molecule has 0 aromatic heterocycles. The fourth-order valence-electron chi connectivity index (χ4n) is 5.65. The lowest BCUT2D eigenvalue weighted by atomic mass is 9.76. The number of benzene rings is 2. The van der Waals surface area contributed by atoms with Crippen molar-refractivity contribution in [2.24, 2.45) is 17.6 Å². The van der Waals surface area contributed by atoms with Gasteiger partial charge >= 0.3 is 0 Å². The van der Waals surface area contributed by atoms with E-state index in [1.165, 1.54) is 4.90 Å². The van der Waals surface area contributed by atoms with Gasteiger partial charge < -0.3 is 15.8 Å². The number of methoxy groups -OCH3 is 1. The number of nitrogens with two attached hydrogens (primary N) is 1. The van der Waals surface area contributed by atoms with E-state index in [0.29, 0.717) is 17.0 Å². The Kier molecular flexibility index (Phi) is 5.16. The predicted molar refractivity (Wildman–Crippen MR) is 122 cm³/mol. The van der Waals surface area contributed by atoms with Crippen LogP contribution in [0.1, 0.15) is 29.5 Å². The summed E-state index contributed by atoms with van der Waals surface area (Å²) in [6.07, 6.45) is 0.293. The van der Waals surface area contributed by atoms with Crippen LogP contribution in [0.25, 0.3) is 0 Å². The van der Waals surface area contributed by atoms with Crippen molar-refractivity contribution in [1.82, 2.24) is 10.2 Å². The molecule has 0 bridgehead atoms. The van der Waals surface area contributed by atoms with Gasteiger partial charge in [-0.3, -0.25) is 29.4 Å². The van der Waals surface area contributed by atoms with Crippen molar-refractivity contribution in [3.63, 3.8) is 0 Å². The number of hydrogen-bond donors (Lipinski definition) is 3. The second-order valence-corrected chi connectivity index (χ2v) is 9.13. The van der Waals surface area contributed by atoms with Crippen molar-refractivity contribution in [3.05, 3.63) is 59.2 Å². The summed E-state index contributed by atoms with van der Waals surface area (Å²) in [7, 11) is 1.56. The summed E-state index contributed by atoms with van der Waals surface area (Å²) in [5.74, 6) is -2.63. The molecule has 2 aromatic carbocycles. The number of fused-ring (bicyclic) bond motifs is 4. The minimum atomic E-state index is -1.38. The summed E-state index contributed by atoms with van der Waals surface area (Å²) in [4.78, 5) is 53.6. The summed E-state index contributed by atoms with van der Waals surface area (Å²) in [6, 6.07) is 12.1. The van der Waals surface area contributed by atoms with Crippen molar-refractivity contribution in [1.29, 1.82) is 0 Å². The summed E-state index contributed by atoms with van der Waals surface area (Å²) in [6.45, 7) is 1.97. The molecule has 0 radical (unpaired) electrons. The van der Waals surface area contributed by atoms with E-state index < -0.39 is 35.2 Å². The van der Waals surface area contributed by atoms with E-state index in [1.54, 1.807) is 31.4 Å². The first-order valence-electron chi connectivity index (χ1n) is 11.2. The number of para-hydroxylation sites is 1. The zero-order valence-corrected chi connectivity index (χ0v) is 19.0. The Morgan fingerprint density at radius 2 is 1.85 bits per heavy atom. The number of carbonyl (C=O) groups excluding carboxylic acids is 4. The summed E-state index contributed by atoms with van der Waals surface area (Å²) in [5, 5.41) is 6.23. The molecule has 4 N–H and O–H groups in total. The number of nitrogens with one attached hydrogen (secondary N) is 2. The number of aryl methyl sites for hydroxylation is 1. The van der Waals surface area contributed by atoms with E-state index in [4.69, 9.17) is 10.5 Å². The van der Waals surface area contributed by atoms with E-state index in [9.17, 15) is 19.2 Å². The molecular formula is C25H26N4O5. The lowest BCUT2D eigenvalue weighted by Gasteiger charge is -2.29. The molecule has 9 nitrogen and oxygen atoms in total. The molecule has 3 heterocycles. The van der Waals surface area contributed by atoms with E-state index in [0.717, 1.165) is 11.1 Å². The van der Waals surface area contributed by atoms with Gasteiger partial charge in [0, 0.05) is 23.7 Å². The Bertz CT molecular complexity index is 1210. The number of nitrogens with zero attached hydrogens (tertiary/aromatic N) is 1. The van der Waals surface area contributed by atoms with Crippen LogP contribution in [0.15, 0.2) is 42.5 Å². The first-order chi connectivity index (χ1) is 16.3. The quantitative estimate of drug-likeness (QED) is 0.553. The molecule has 2 saturated heterocycles. The number of imide groups is 1. The first kappa shape index (κ1) is 22.1. The van der Waals surface area contributed by atoms with Crippen LogP contribution in [-0.2, 0) is 31.3 Å². The Morgan fingerprint density at radius 1 is 1.12 bits per heavy atom. The maximum Gasteiger partial charge on any atom is 0.250 e. The fraction of sp³-hybridized carbons (Fsp3) is 0.360. The first-order valence-corrected chi connectivity index (χ1v) is 11.2. The summed E-state index contributed by atoms with van der Waals surface area (Å²) < 4.78 is 5.18. The van der Waals surface area contributed by atoms with Gasteiger partial charge in [-0.25, -0.2) is 0 Å². The van der Waals surface area contributed by atoms with Crippen molar-refractivity contribution in [2.45, 2.75) is 37.9 Å². The van der Waals surface area contributed by atoms with Crippen molar-refractivity contribution in [2.75, 3.05) is 12.4 Å². The van der Waals surface area contributed by atoms with Crippen LogP contribution in [0, 0.1) is 18.8 Å². The number of anilines is 1. The van der Waals surface area contributed by atoms with Crippen molar-refractivity contribution >= 4 is 29.3 Å². The highest BCUT2D eigenvalue weighted by Crippen LogP contribution is 2.54. The Balaban J connectivity index is 1.56. The van der Waals surface area contributed by atoms with Gasteiger partial charge in [0.15, 0.2) is 0 Å². The topological polar surface area (TPSA) is 131 Å². The van der Waals surface area contributed by atoms with Gasteiger partial charge in [0.05, 0.1) is 25.5 Å². The second-order valence-electron chi connectivity index (χ2n) is 9.13. The number of rotatable bonds is 6. The zero-order chi connectivity index (χ0) is 24.2. The average Bonchev–Trinajstić information content (AvgIpc) is 3.40. The predicted octanol–water partition coefficient (Wildman–Crippen LogP) is 1.19. The molecule has 2 aromatic rings. The van der Waals surface area contributed by atoms with Gasteiger partial charge in [0.2, 0.25) is 23.6 Å². The molecule has 1 spiro atoms. The molecule has 3 aliphatic rings. The molecule has 4 atom stereocenters. The highest BCUT2D eigenvalue weighted by atomic mass is 16.5. The Morgan fingerprint density at radius 3 is 2.53 bits per heavy atom. The van der Waals surface area contributed by atoms with Crippen LogP contribution in [0.3, 0.4) is 0 Å². The standard InChI is InChI=1S/C25H26N4O5/c1-13-4-3-5-16-21(13)27-24(33)25(16)20-19(17(28-25)10-11-18(26)30)22(31)29(23(20)32)12-14-6-8-15(34-2)9-7-14/h3-9,17,19-20,28H,10-12H2,1-2H3,(H2,26,30)(H,27,33)/t17-,19-,20+,25+/m1/s1. The molecule has 34 heavy (non-hydrogen) atoms. The molecule has 5 rings (SSSR count). The fourth-order valence-corrected chi connectivity index (χ4v) is 5.65. The van der Waals surface area contributed by atoms with Gasteiger partial charge in [-0.1, -0.05) is 30.3 Å². The largest absolute Gasteiger partial charge is 0.497 e. The Hall–Kier alpha value is -3.72. The van der Waals surface area contributed by atoms with Crippen LogP contribution < -0.4 is 21.1 Å². The highest BCUT2D eigenvalue weighted by molar-refractivity contribution is 6.15. The smallest absolute Gasteiger partial charge is 0.250 e. The van der Waals surface area contributed by atoms with Crippen molar-refractivity contribution in [3.8, 4) is 5.75 Å². The maximum absolute atomic E-state index is 13.8. The van der Waals surface area contributed by atoms with Crippen molar-refractivity contribution < 1.29 is 23.9 Å². The van der Waals surface area contributed by atoms with E-state index in [-0.39, 0.29) is 31.2 Å². The van der Waals surface area contributed by atoms with Gasteiger partial charge in [-0.15, -0.1) is 0 Å². The third kappa shape index (κ3) is 3.11. The third-order valence-corrected chi connectivity index (χ3v) is 7.25. The average molecular weight is 463 g/mol. The van der Waals surface area contributed by atoms with E-state index >= 15 is 0 Å². The normalized spacial score (nSPS) is 27.2. The van der Waals surface area contributed by atoms with Gasteiger partial charge in [0.25, 0.3) is 0 Å². The van der Waals surface area contributed by atoms with Crippen LogP contribution >= 0.6 is 0 Å². The number of hydrogen-bond acceptors (Lipinski definition) is 6. The highest BCUT2D eigenvalue weighted by Gasteiger charge is 2.70. The number of likely N-dealkylation sites (tertiary alicyclic amines) is 1. The SMILES string of the molecule is COc1ccc(CN2C(=O)[C@H]3[C@@H](C2=O)[C@]2(N[C@@H]3CCC(N)=O)C(=O)Nc3c(C)cccc32)cc1. The molecule has 9 heteroatoms. The van der Waals surface area contributed by atoms with E-state index in [2.05, 4.69) is 10.6 Å². The second kappa shape index (κ2) is 7.95. The number of amides is 4. The van der Waals surface area contributed by atoms with Crippen LogP contribution in [-0.4, -0.2) is 41.7 Å². The number of primary amides is 1. The van der Waals surface area contributed by atoms with Gasteiger partial charge in [-0.2, -0.15) is 0 Å². The number of ether oxygens (including phenoxy) is 1. The molecule has 3 aliphatic heterocycles. The molecule has 0 unspecified atom stereocenters. The molecule has 4 amide bonds. The minimum absolute atomic E-state index is 0.0409. The monoisotopic (exact) mass is 462 g/mol. The van der Waals surface area contributed by atoms with Gasteiger partial charge in [-0.05, 0) is 36.6 Å². The summed E-state index contributed by atoms with van der Waals surface area (Å²) >= 11 is 0. The molecule has 2 fully saturated rings. The molecule has 176 valence electrons. The zero-order valence-electron chi connectivity index (χ0n) is 19.0. The molecule has 0 aliphatic carbocycles. The van der Waals surface area contributed by atoms with Crippen LogP contribution in [0.4, 0.5) is 5.69 Å². The van der Waals surface area contributed by atoms with Crippen LogP contribution in [0.2, 0.25) is 0 Å². The maximum atomic E-state index is 13.8. The Labute approximate surface area is 196 Å². The minimum Gasteiger partial charge on any atom is -0.497 e. The van der Waals surface area contributed by atoms with Gasteiger partial charge in [0.1, 0.15) is 11.3 Å². The lowest BCUT2D eigenvalue weighted by Crippen LogP contribution is -2.53. The van der Waals surface area contributed by atoms with Crippen LogP contribution in [0.5, 0.6) is 5.75 Å². The third-order valence-electron chi connectivity index (χ3n) is 7.25. The lowest BCUT2D eigenvalue weighted by molar-refractivity contribution is -0.143. The molecular weight excluding hydrogens is 436 g/mol. The number of carbonyl (C=O) groups is 4. The summed E-state index contributed by atoms with van der Waals surface area (Å²) in [5.41, 5.74) is 6.94.